The maximum atomic E-state index is 13.4. The Morgan fingerprint density at radius 3 is 2.40 bits per heavy atom. The number of methoxy groups -OCH3 is 1. The van der Waals surface area contributed by atoms with E-state index in [-0.39, 0.29) is 17.6 Å². The molecule has 30 heavy (non-hydrogen) atoms. The van der Waals surface area contributed by atoms with Crippen LogP contribution in [0.2, 0.25) is 0 Å². The number of halogens is 1. The Hall–Kier alpha value is -4.00. The van der Waals surface area contributed by atoms with Crippen molar-refractivity contribution in [2.24, 2.45) is 0 Å². The average molecular weight is 403 g/mol. The van der Waals surface area contributed by atoms with Crippen molar-refractivity contribution in [1.29, 1.82) is 0 Å². The zero-order chi connectivity index (χ0) is 20.9. The molecule has 0 fully saturated rings. The molecule has 0 aliphatic heterocycles. The summed E-state index contributed by atoms with van der Waals surface area (Å²) in [6, 6.07) is 21.1. The van der Waals surface area contributed by atoms with Gasteiger partial charge in [0.05, 0.1) is 12.7 Å². The first kappa shape index (κ1) is 19.3. The number of hydrogen-bond donors (Lipinski definition) is 1. The Labute approximate surface area is 172 Å². The quantitative estimate of drug-likeness (QED) is 0.516. The number of aromatic nitrogens is 2. The third kappa shape index (κ3) is 4.05. The number of rotatable bonds is 6. The van der Waals surface area contributed by atoms with E-state index in [4.69, 9.17) is 9.15 Å². The van der Waals surface area contributed by atoms with Gasteiger partial charge in [-0.25, -0.2) is 4.39 Å². The topological polar surface area (TPSA) is 77.2 Å². The van der Waals surface area contributed by atoms with Crippen LogP contribution in [0, 0.1) is 5.82 Å². The lowest BCUT2D eigenvalue weighted by Crippen LogP contribution is -2.30. The molecule has 4 aromatic rings. The molecular formula is C23H18FN3O3. The SMILES string of the molecule is COc1ccccc1C(=O)N[C@H](c1ccc(F)cc1)c1nnc(-c2ccccc2)o1. The van der Waals surface area contributed by atoms with E-state index in [1.54, 1.807) is 36.4 Å². The minimum atomic E-state index is -0.770. The molecule has 0 saturated heterocycles. The Morgan fingerprint density at radius 2 is 1.67 bits per heavy atom. The van der Waals surface area contributed by atoms with Gasteiger partial charge in [0.15, 0.2) is 0 Å². The van der Waals surface area contributed by atoms with Gasteiger partial charge in [-0.2, -0.15) is 0 Å². The van der Waals surface area contributed by atoms with Crippen LogP contribution in [0.3, 0.4) is 0 Å². The van der Waals surface area contributed by atoms with Crippen molar-refractivity contribution >= 4 is 5.91 Å². The van der Waals surface area contributed by atoms with Gasteiger partial charge in [-0.15, -0.1) is 10.2 Å². The molecule has 0 bridgehead atoms. The number of carbonyl (C=O) groups excluding carboxylic acids is 1. The average Bonchev–Trinajstić information content (AvgIpc) is 3.28. The van der Waals surface area contributed by atoms with Crippen LogP contribution in [0.25, 0.3) is 11.5 Å². The summed E-state index contributed by atoms with van der Waals surface area (Å²) in [7, 11) is 1.49. The van der Waals surface area contributed by atoms with Crippen LogP contribution in [0.15, 0.2) is 83.3 Å². The first-order valence-electron chi connectivity index (χ1n) is 9.24. The van der Waals surface area contributed by atoms with Crippen LogP contribution in [0.5, 0.6) is 5.75 Å². The first-order valence-corrected chi connectivity index (χ1v) is 9.24. The highest BCUT2D eigenvalue weighted by atomic mass is 19.1. The van der Waals surface area contributed by atoms with Gasteiger partial charge in [-0.05, 0) is 42.0 Å². The number of nitrogens with one attached hydrogen (secondary N) is 1. The lowest BCUT2D eigenvalue weighted by molar-refractivity contribution is 0.0935. The molecule has 0 aliphatic rings. The number of amides is 1. The minimum Gasteiger partial charge on any atom is -0.496 e. The van der Waals surface area contributed by atoms with Crippen molar-refractivity contribution < 1.29 is 18.3 Å². The van der Waals surface area contributed by atoms with Crippen molar-refractivity contribution in [2.45, 2.75) is 6.04 Å². The minimum absolute atomic E-state index is 0.184. The van der Waals surface area contributed by atoms with Crippen LogP contribution in [-0.2, 0) is 0 Å². The highest BCUT2D eigenvalue weighted by molar-refractivity contribution is 5.97. The Balaban J connectivity index is 1.70. The maximum absolute atomic E-state index is 13.4. The molecule has 1 amide bonds. The van der Waals surface area contributed by atoms with Gasteiger partial charge >= 0.3 is 0 Å². The molecular weight excluding hydrogens is 385 g/mol. The third-order valence-electron chi connectivity index (χ3n) is 4.54. The van der Waals surface area contributed by atoms with E-state index in [0.717, 1.165) is 5.56 Å². The van der Waals surface area contributed by atoms with Crippen molar-refractivity contribution in [2.75, 3.05) is 7.11 Å². The van der Waals surface area contributed by atoms with E-state index in [1.165, 1.54) is 19.2 Å². The van der Waals surface area contributed by atoms with Gasteiger partial charge in [-0.1, -0.05) is 42.5 Å². The van der Waals surface area contributed by atoms with Crippen molar-refractivity contribution in [3.05, 3.63) is 102 Å². The van der Waals surface area contributed by atoms with Crippen molar-refractivity contribution in [1.82, 2.24) is 15.5 Å². The number of para-hydroxylation sites is 1. The normalized spacial score (nSPS) is 11.7. The van der Waals surface area contributed by atoms with Crippen LogP contribution in [0.1, 0.15) is 27.9 Å². The number of carbonyl (C=O) groups is 1. The zero-order valence-corrected chi connectivity index (χ0v) is 16.1. The highest BCUT2D eigenvalue weighted by Crippen LogP contribution is 2.26. The fraction of sp³-hybridized carbons (Fsp3) is 0.0870. The summed E-state index contributed by atoms with van der Waals surface area (Å²) >= 11 is 0. The largest absolute Gasteiger partial charge is 0.496 e. The summed E-state index contributed by atoms with van der Waals surface area (Å²) in [6.45, 7) is 0. The lowest BCUT2D eigenvalue weighted by Gasteiger charge is -2.17. The number of hydrogen-bond acceptors (Lipinski definition) is 5. The summed E-state index contributed by atoms with van der Waals surface area (Å²) < 4.78 is 24.6. The number of nitrogens with zero attached hydrogens (tertiary/aromatic N) is 2. The number of benzene rings is 3. The molecule has 0 saturated carbocycles. The van der Waals surface area contributed by atoms with E-state index in [9.17, 15) is 9.18 Å². The Bertz CT molecular complexity index is 1140. The Kier molecular flexibility index (Phi) is 5.52. The standard InChI is InChI=1S/C23H18FN3O3/c1-29-19-10-6-5-9-18(19)21(28)25-20(15-11-13-17(24)14-12-15)23-27-26-22(30-23)16-7-3-2-4-8-16/h2-14,20H,1H3,(H,25,28)/t20-/m1/s1. The summed E-state index contributed by atoms with van der Waals surface area (Å²) in [6.07, 6.45) is 0. The lowest BCUT2D eigenvalue weighted by atomic mass is 10.1. The fourth-order valence-corrected chi connectivity index (χ4v) is 3.03. The van der Waals surface area contributed by atoms with E-state index in [1.807, 2.05) is 30.3 Å². The van der Waals surface area contributed by atoms with Crippen LogP contribution < -0.4 is 10.1 Å². The molecule has 150 valence electrons. The van der Waals surface area contributed by atoms with Gasteiger partial charge in [0.2, 0.25) is 11.8 Å². The van der Waals surface area contributed by atoms with E-state index < -0.39 is 6.04 Å². The highest BCUT2D eigenvalue weighted by Gasteiger charge is 2.25. The van der Waals surface area contributed by atoms with Crippen LogP contribution >= 0.6 is 0 Å². The smallest absolute Gasteiger partial charge is 0.255 e. The monoisotopic (exact) mass is 403 g/mol. The second-order valence-electron chi connectivity index (χ2n) is 6.47. The molecule has 1 atom stereocenters. The molecule has 6 nitrogen and oxygen atoms in total. The van der Waals surface area contributed by atoms with Crippen LogP contribution in [-0.4, -0.2) is 23.2 Å². The molecule has 3 aromatic carbocycles. The summed E-state index contributed by atoms with van der Waals surface area (Å²) in [5, 5.41) is 11.1. The molecule has 0 unspecified atom stereocenters. The molecule has 0 radical (unpaired) electrons. The number of ether oxygens (including phenoxy) is 1. The van der Waals surface area contributed by atoms with Crippen molar-refractivity contribution in [3.63, 3.8) is 0 Å². The summed E-state index contributed by atoms with van der Waals surface area (Å²) in [5.41, 5.74) is 1.71. The fourth-order valence-electron chi connectivity index (χ4n) is 3.03. The van der Waals surface area contributed by atoms with E-state index in [0.29, 0.717) is 22.8 Å². The molecule has 0 spiro atoms. The molecule has 1 heterocycles. The maximum Gasteiger partial charge on any atom is 0.255 e. The van der Waals surface area contributed by atoms with Gasteiger partial charge in [0.1, 0.15) is 17.6 Å². The summed E-state index contributed by atoms with van der Waals surface area (Å²) in [4.78, 5) is 13.0. The molecule has 7 heteroatoms. The second-order valence-corrected chi connectivity index (χ2v) is 6.47. The first-order chi connectivity index (χ1) is 14.7. The van der Waals surface area contributed by atoms with Gasteiger partial charge in [0.25, 0.3) is 5.91 Å². The molecule has 1 aromatic heterocycles. The van der Waals surface area contributed by atoms with E-state index >= 15 is 0 Å². The molecule has 0 aliphatic carbocycles. The molecule has 4 rings (SSSR count). The third-order valence-corrected chi connectivity index (χ3v) is 4.54. The van der Waals surface area contributed by atoms with Gasteiger partial charge in [0, 0.05) is 5.56 Å². The van der Waals surface area contributed by atoms with Gasteiger partial charge in [-0.3, -0.25) is 4.79 Å². The van der Waals surface area contributed by atoms with Crippen LogP contribution in [0.4, 0.5) is 4.39 Å². The second kappa shape index (κ2) is 8.57. The summed E-state index contributed by atoms with van der Waals surface area (Å²) in [5.74, 6) is 0.168. The van der Waals surface area contributed by atoms with E-state index in [2.05, 4.69) is 15.5 Å². The zero-order valence-electron chi connectivity index (χ0n) is 16.1. The predicted octanol–water partition coefficient (Wildman–Crippen LogP) is 4.40. The van der Waals surface area contributed by atoms with Crippen molar-refractivity contribution in [3.8, 4) is 17.2 Å². The predicted molar refractivity (Wildman–Crippen MR) is 108 cm³/mol. The Morgan fingerprint density at radius 1 is 0.967 bits per heavy atom. The molecule has 1 N–H and O–H groups in total. The van der Waals surface area contributed by atoms with Gasteiger partial charge < -0.3 is 14.5 Å².